The fourth-order valence-electron chi connectivity index (χ4n) is 1.05. The van der Waals surface area contributed by atoms with E-state index in [9.17, 15) is 18.3 Å². The van der Waals surface area contributed by atoms with Gasteiger partial charge in [0.2, 0.25) is 0 Å². The number of para-hydroxylation sites is 1. The zero-order valence-corrected chi connectivity index (χ0v) is 7.88. The molecule has 0 atom stereocenters. The summed E-state index contributed by atoms with van der Waals surface area (Å²) < 4.78 is 39.7. The van der Waals surface area contributed by atoms with Gasteiger partial charge in [-0.2, -0.15) is 0 Å². The van der Waals surface area contributed by atoms with Gasteiger partial charge in [-0.05, 0) is 25.1 Å². The van der Waals surface area contributed by atoms with Gasteiger partial charge in [0.25, 0.3) is 0 Å². The van der Waals surface area contributed by atoms with Gasteiger partial charge in [-0.3, -0.25) is 0 Å². The number of allylic oxidation sites excluding steroid dienone is 1. The maximum Gasteiger partial charge on any atom is 0.573 e. The van der Waals surface area contributed by atoms with Crippen molar-refractivity contribution in [2.45, 2.75) is 13.3 Å². The summed E-state index contributed by atoms with van der Waals surface area (Å²) in [6.07, 6.45) is -3.47. The molecular formula is C10H9F3O2. The minimum atomic E-state index is -4.76. The smallest absolute Gasteiger partial charge is 0.508 e. The van der Waals surface area contributed by atoms with E-state index in [4.69, 9.17) is 0 Å². The van der Waals surface area contributed by atoms with Crippen LogP contribution < -0.4 is 4.74 Å². The van der Waals surface area contributed by atoms with Crippen LogP contribution in [0.2, 0.25) is 0 Å². The molecule has 1 aromatic rings. The fraction of sp³-hybridized carbons (Fsp3) is 0.200. The molecule has 15 heavy (non-hydrogen) atoms. The molecule has 0 bridgehead atoms. The first-order chi connectivity index (χ1) is 6.94. The van der Waals surface area contributed by atoms with Crippen LogP contribution in [0.15, 0.2) is 30.3 Å². The molecule has 0 radical (unpaired) electrons. The molecule has 0 aliphatic rings. The average Bonchev–Trinajstić information content (AvgIpc) is 2.15. The Bertz CT molecular complexity index is 369. The number of aliphatic hydroxyl groups excluding tert-OH is 1. The Hall–Kier alpha value is -1.65. The molecule has 0 unspecified atom stereocenters. The zero-order valence-electron chi connectivity index (χ0n) is 7.88. The van der Waals surface area contributed by atoms with Crippen molar-refractivity contribution in [3.8, 4) is 5.75 Å². The quantitative estimate of drug-likeness (QED) is 0.769. The highest BCUT2D eigenvalue weighted by molar-refractivity contribution is 5.64. The van der Waals surface area contributed by atoms with Crippen molar-refractivity contribution in [2.24, 2.45) is 0 Å². The summed E-state index contributed by atoms with van der Waals surface area (Å²) in [5, 5.41) is 9.32. The van der Waals surface area contributed by atoms with Crippen LogP contribution in [0.25, 0.3) is 5.76 Å². The van der Waals surface area contributed by atoms with Gasteiger partial charge in [-0.25, -0.2) is 0 Å². The first kappa shape index (κ1) is 11.4. The Morgan fingerprint density at radius 1 is 1.33 bits per heavy atom. The SMILES string of the molecule is CC=C(O)c1ccccc1OC(F)(F)F. The fourth-order valence-corrected chi connectivity index (χ4v) is 1.05. The predicted octanol–water partition coefficient (Wildman–Crippen LogP) is 3.50. The van der Waals surface area contributed by atoms with E-state index in [1.54, 1.807) is 0 Å². The summed E-state index contributed by atoms with van der Waals surface area (Å²) in [7, 11) is 0. The molecule has 0 amide bonds. The third-order valence-corrected chi connectivity index (χ3v) is 1.66. The molecule has 0 saturated carbocycles. The monoisotopic (exact) mass is 218 g/mol. The normalized spacial score (nSPS) is 12.7. The Morgan fingerprint density at radius 3 is 2.47 bits per heavy atom. The third-order valence-electron chi connectivity index (χ3n) is 1.66. The Labute approximate surface area is 84.6 Å². The maximum absolute atomic E-state index is 12.0. The third kappa shape index (κ3) is 3.19. The van der Waals surface area contributed by atoms with Crippen LogP contribution in [-0.2, 0) is 0 Å². The number of hydrogen-bond acceptors (Lipinski definition) is 2. The number of benzene rings is 1. The first-order valence-corrected chi connectivity index (χ1v) is 4.14. The molecule has 5 heteroatoms. The lowest BCUT2D eigenvalue weighted by Crippen LogP contribution is -2.18. The van der Waals surface area contributed by atoms with Crippen LogP contribution in [0.3, 0.4) is 0 Å². The Balaban J connectivity index is 3.07. The topological polar surface area (TPSA) is 29.5 Å². The van der Waals surface area contributed by atoms with E-state index in [-0.39, 0.29) is 11.3 Å². The van der Waals surface area contributed by atoms with Crippen molar-refractivity contribution in [3.05, 3.63) is 35.9 Å². The molecule has 0 fully saturated rings. The summed E-state index contributed by atoms with van der Waals surface area (Å²) in [5.74, 6) is -0.671. The number of aliphatic hydroxyl groups is 1. The number of rotatable bonds is 2. The summed E-state index contributed by atoms with van der Waals surface area (Å²) in [6, 6.07) is 5.39. The van der Waals surface area contributed by atoms with Crippen molar-refractivity contribution in [2.75, 3.05) is 0 Å². The van der Waals surface area contributed by atoms with Gasteiger partial charge in [0.1, 0.15) is 11.5 Å². The van der Waals surface area contributed by atoms with Crippen molar-refractivity contribution >= 4 is 5.76 Å². The van der Waals surface area contributed by atoms with Crippen LogP contribution in [-0.4, -0.2) is 11.5 Å². The second-order valence-corrected chi connectivity index (χ2v) is 2.72. The molecule has 0 heterocycles. The van der Waals surface area contributed by atoms with Gasteiger partial charge < -0.3 is 9.84 Å². The van der Waals surface area contributed by atoms with Crippen molar-refractivity contribution in [3.63, 3.8) is 0 Å². The van der Waals surface area contributed by atoms with Crippen LogP contribution in [0.1, 0.15) is 12.5 Å². The molecule has 0 spiro atoms. The van der Waals surface area contributed by atoms with E-state index < -0.39 is 12.1 Å². The molecule has 2 nitrogen and oxygen atoms in total. The van der Waals surface area contributed by atoms with Crippen LogP contribution in [0, 0.1) is 0 Å². The van der Waals surface area contributed by atoms with Crippen molar-refractivity contribution < 1.29 is 23.0 Å². The van der Waals surface area contributed by atoms with Crippen molar-refractivity contribution in [1.29, 1.82) is 0 Å². The lowest BCUT2D eigenvalue weighted by molar-refractivity contribution is -0.274. The second kappa shape index (κ2) is 4.25. The van der Waals surface area contributed by atoms with Crippen LogP contribution >= 0.6 is 0 Å². The van der Waals surface area contributed by atoms with E-state index in [0.29, 0.717) is 0 Å². The van der Waals surface area contributed by atoms with E-state index in [1.165, 1.54) is 31.2 Å². The molecule has 1 aromatic carbocycles. The summed E-state index contributed by atoms with van der Waals surface area (Å²) in [4.78, 5) is 0. The average molecular weight is 218 g/mol. The zero-order chi connectivity index (χ0) is 11.5. The number of hydrogen-bond donors (Lipinski definition) is 1. The van der Waals surface area contributed by atoms with E-state index in [2.05, 4.69) is 4.74 Å². The highest BCUT2D eigenvalue weighted by Crippen LogP contribution is 2.29. The van der Waals surface area contributed by atoms with Gasteiger partial charge in [0, 0.05) is 0 Å². The number of alkyl halides is 3. The largest absolute Gasteiger partial charge is 0.573 e. The molecule has 0 aromatic heterocycles. The van der Waals surface area contributed by atoms with Crippen LogP contribution in [0.5, 0.6) is 5.75 Å². The number of halogens is 3. The van der Waals surface area contributed by atoms with Crippen molar-refractivity contribution in [1.82, 2.24) is 0 Å². The minimum Gasteiger partial charge on any atom is -0.508 e. The van der Waals surface area contributed by atoms with Crippen LogP contribution in [0.4, 0.5) is 13.2 Å². The second-order valence-electron chi connectivity index (χ2n) is 2.72. The minimum absolute atomic E-state index is 0.0114. The lowest BCUT2D eigenvalue weighted by Gasteiger charge is -2.12. The lowest BCUT2D eigenvalue weighted by atomic mass is 10.1. The molecule has 1 rings (SSSR count). The summed E-state index contributed by atoms with van der Waals surface area (Å²) >= 11 is 0. The predicted molar refractivity (Wildman–Crippen MR) is 49.4 cm³/mol. The molecule has 0 aliphatic carbocycles. The standard InChI is InChI=1S/C10H9F3O2/c1-2-8(14)7-5-3-4-6-9(7)15-10(11,12)13/h2-6,14H,1H3. The van der Waals surface area contributed by atoms with Gasteiger partial charge in [-0.1, -0.05) is 12.1 Å². The van der Waals surface area contributed by atoms with E-state index in [0.717, 1.165) is 6.07 Å². The molecule has 0 saturated heterocycles. The molecule has 0 aliphatic heterocycles. The van der Waals surface area contributed by atoms with Gasteiger partial charge in [0.05, 0.1) is 5.56 Å². The molecule has 1 N–H and O–H groups in total. The molecular weight excluding hydrogens is 209 g/mol. The number of ether oxygens (including phenoxy) is 1. The van der Waals surface area contributed by atoms with E-state index >= 15 is 0 Å². The summed E-state index contributed by atoms with van der Waals surface area (Å²) in [6.45, 7) is 1.51. The molecule has 82 valence electrons. The maximum atomic E-state index is 12.0. The van der Waals surface area contributed by atoms with Gasteiger partial charge in [-0.15, -0.1) is 13.2 Å². The van der Waals surface area contributed by atoms with E-state index in [1.807, 2.05) is 0 Å². The highest BCUT2D eigenvalue weighted by atomic mass is 19.4. The first-order valence-electron chi connectivity index (χ1n) is 4.14. The van der Waals surface area contributed by atoms with Gasteiger partial charge >= 0.3 is 6.36 Å². The Kier molecular flexibility index (Phi) is 3.24. The Morgan fingerprint density at radius 2 is 1.93 bits per heavy atom. The highest BCUT2D eigenvalue weighted by Gasteiger charge is 2.32. The van der Waals surface area contributed by atoms with Gasteiger partial charge in [0.15, 0.2) is 0 Å². The summed E-state index contributed by atoms with van der Waals surface area (Å²) in [5.41, 5.74) is 0.0114.